The second-order valence-electron chi connectivity index (χ2n) is 9.49. The summed E-state index contributed by atoms with van der Waals surface area (Å²) in [6, 6.07) is 9.84. The van der Waals surface area contributed by atoms with Gasteiger partial charge in [0.1, 0.15) is 11.9 Å². The van der Waals surface area contributed by atoms with Gasteiger partial charge in [0.05, 0.1) is 11.9 Å². The number of hydrogen-bond acceptors (Lipinski definition) is 6. The number of aromatic nitrogens is 4. The van der Waals surface area contributed by atoms with Crippen LogP contribution in [0.4, 0.5) is 0 Å². The van der Waals surface area contributed by atoms with Crippen molar-refractivity contribution in [3.63, 3.8) is 0 Å². The molecule has 0 radical (unpaired) electrons. The second kappa shape index (κ2) is 8.38. The molecule has 4 rings (SSSR count). The summed E-state index contributed by atoms with van der Waals surface area (Å²) in [4.78, 5) is 0. The lowest BCUT2D eigenvalue weighted by atomic mass is 9.81. The van der Waals surface area contributed by atoms with Gasteiger partial charge in [-0.3, -0.25) is 4.68 Å². The third-order valence-electron chi connectivity index (χ3n) is 5.46. The van der Waals surface area contributed by atoms with Gasteiger partial charge in [0.25, 0.3) is 0 Å². The van der Waals surface area contributed by atoms with Crippen molar-refractivity contribution in [2.24, 2.45) is 7.05 Å². The lowest BCUT2D eigenvalue weighted by molar-refractivity contribution is 0.0524. The van der Waals surface area contributed by atoms with Crippen LogP contribution in [0.2, 0.25) is 0 Å². The molecule has 8 heteroatoms. The van der Waals surface area contributed by atoms with Crippen molar-refractivity contribution in [3.8, 4) is 34.0 Å². The van der Waals surface area contributed by atoms with E-state index in [9.17, 15) is 0 Å². The van der Waals surface area contributed by atoms with E-state index < -0.39 is 0 Å². The van der Waals surface area contributed by atoms with Crippen LogP contribution in [-0.2, 0) is 7.05 Å². The van der Waals surface area contributed by atoms with Crippen LogP contribution in [0.3, 0.4) is 0 Å². The predicted molar refractivity (Wildman–Crippen MR) is 129 cm³/mol. The molecule has 0 unspecified atom stereocenters. The van der Waals surface area contributed by atoms with Gasteiger partial charge in [0, 0.05) is 54.4 Å². The normalized spacial score (nSPS) is 18.0. The molecule has 3 heterocycles. The van der Waals surface area contributed by atoms with Gasteiger partial charge in [-0.05, 0) is 51.5 Å². The monoisotopic (exact) mass is 533 g/mol. The maximum atomic E-state index is 6.20. The SMILES string of the molecule is Cn1cc(-c2ccc(-c3ccc(OC4CC(C)(C)NC(C)(C)C4)nn3)c(OI)c2)cn1. The minimum absolute atomic E-state index is 0.0162. The Kier molecular flexibility index (Phi) is 5.95. The maximum Gasteiger partial charge on any atom is 0.233 e. The Morgan fingerprint density at radius 3 is 2.35 bits per heavy atom. The molecule has 1 fully saturated rings. The molecule has 0 atom stereocenters. The number of ether oxygens (including phenoxy) is 1. The van der Waals surface area contributed by atoms with Crippen molar-refractivity contribution in [1.29, 1.82) is 0 Å². The third kappa shape index (κ3) is 5.17. The third-order valence-corrected chi connectivity index (χ3v) is 5.93. The maximum absolute atomic E-state index is 6.20. The van der Waals surface area contributed by atoms with Crippen LogP contribution in [0.15, 0.2) is 42.7 Å². The fraction of sp³-hybridized carbons (Fsp3) is 0.435. The number of hydrogen-bond donors (Lipinski definition) is 1. The summed E-state index contributed by atoms with van der Waals surface area (Å²) in [6.07, 6.45) is 5.74. The van der Waals surface area contributed by atoms with Crippen molar-refractivity contribution < 1.29 is 7.80 Å². The zero-order valence-corrected chi connectivity index (χ0v) is 20.7. The first-order chi connectivity index (χ1) is 14.6. The Morgan fingerprint density at radius 1 is 1.03 bits per heavy atom. The fourth-order valence-corrected chi connectivity index (χ4v) is 4.92. The molecular formula is C23H28IN5O2. The number of rotatable bonds is 5. The molecule has 1 aliphatic rings. The molecule has 0 aliphatic carbocycles. The predicted octanol–water partition coefficient (Wildman–Crippen LogP) is 4.96. The quantitative estimate of drug-likeness (QED) is 0.468. The smallest absolute Gasteiger partial charge is 0.233 e. The highest BCUT2D eigenvalue weighted by molar-refractivity contribution is 14.1. The first-order valence-electron chi connectivity index (χ1n) is 10.4. The number of halogens is 1. The summed E-state index contributed by atoms with van der Waals surface area (Å²) in [6.45, 7) is 8.83. The summed E-state index contributed by atoms with van der Waals surface area (Å²) in [5.74, 6) is 1.28. The average Bonchev–Trinajstić information content (AvgIpc) is 3.12. The number of piperidine rings is 1. The Hall–Kier alpha value is -2.20. The van der Waals surface area contributed by atoms with Gasteiger partial charge >= 0.3 is 0 Å². The molecule has 0 spiro atoms. The highest BCUT2D eigenvalue weighted by Gasteiger charge is 2.38. The van der Waals surface area contributed by atoms with Crippen molar-refractivity contribution in [3.05, 3.63) is 42.7 Å². The van der Waals surface area contributed by atoms with E-state index in [1.54, 1.807) is 4.68 Å². The van der Waals surface area contributed by atoms with Gasteiger partial charge in [-0.15, -0.1) is 10.2 Å². The molecule has 1 N–H and O–H groups in total. The van der Waals surface area contributed by atoms with Crippen molar-refractivity contribution >= 4 is 23.0 Å². The summed E-state index contributed by atoms with van der Waals surface area (Å²) < 4.78 is 13.6. The van der Waals surface area contributed by atoms with Gasteiger partial charge in [-0.1, -0.05) is 6.07 Å². The first-order valence-corrected chi connectivity index (χ1v) is 11.2. The Labute approximate surface area is 197 Å². The fourth-order valence-electron chi connectivity index (χ4n) is 4.56. The minimum atomic E-state index is 0.0162. The highest BCUT2D eigenvalue weighted by atomic mass is 127. The summed E-state index contributed by atoms with van der Waals surface area (Å²) in [5, 5.41) is 16.7. The van der Waals surface area contributed by atoms with Gasteiger partial charge in [-0.25, -0.2) is 0 Å². The molecule has 7 nitrogen and oxygen atoms in total. The molecule has 1 saturated heterocycles. The van der Waals surface area contributed by atoms with E-state index in [1.165, 1.54) is 0 Å². The van der Waals surface area contributed by atoms with Gasteiger partial charge in [-0.2, -0.15) is 5.10 Å². The van der Waals surface area contributed by atoms with Crippen molar-refractivity contribution in [1.82, 2.24) is 25.3 Å². The standard InChI is InChI=1S/C23H28IN5O2/c1-22(2)11-17(12-23(3,4)28-22)30-21-9-8-19(26-27-21)18-7-6-15(10-20(18)31-24)16-13-25-29(5)14-16/h6-10,13-14,17,28H,11-12H2,1-5H3. The zero-order valence-electron chi connectivity index (χ0n) is 18.5. The Balaban J connectivity index is 1.53. The van der Waals surface area contributed by atoms with Crippen LogP contribution < -0.4 is 13.1 Å². The summed E-state index contributed by atoms with van der Waals surface area (Å²) in [7, 11) is 1.90. The van der Waals surface area contributed by atoms with Crippen LogP contribution in [0.25, 0.3) is 22.4 Å². The lowest BCUT2D eigenvalue weighted by Crippen LogP contribution is -2.60. The topological polar surface area (TPSA) is 74.1 Å². The largest absolute Gasteiger partial charge is 0.473 e. The Bertz CT molecular complexity index is 1050. The van der Waals surface area contributed by atoms with Gasteiger partial charge < -0.3 is 13.1 Å². The summed E-state index contributed by atoms with van der Waals surface area (Å²) in [5.41, 5.74) is 3.72. The lowest BCUT2D eigenvalue weighted by Gasteiger charge is -2.46. The van der Waals surface area contributed by atoms with Crippen LogP contribution in [0, 0.1) is 0 Å². The van der Waals surface area contributed by atoms with Crippen LogP contribution in [0.5, 0.6) is 11.6 Å². The van der Waals surface area contributed by atoms with E-state index in [1.807, 2.05) is 72.8 Å². The molecule has 164 valence electrons. The van der Waals surface area contributed by atoms with Gasteiger partial charge in [0.15, 0.2) is 23.0 Å². The van der Waals surface area contributed by atoms with Crippen molar-refractivity contribution in [2.75, 3.05) is 0 Å². The molecule has 0 bridgehead atoms. The van der Waals surface area contributed by atoms with Crippen LogP contribution >= 0.6 is 23.0 Å². The molecule has 3 aromatic rings. The average molecular weight is 533 g/mol. The van der Waals surface area contributed by atoms with Crippen molar-refractivity contribution in [2.45, 2.75) is 57.7 Å². The number of aryl methyl sites for hydroxylation is 1. The molecule has 1 aliphatic heterocycles. The highest BCUT2D eigenvalue weighted by Crippen LogP contribution is 2.35. The van der Waals surface area contributed by atoms with E-state index in [4.69, 9.17) is 7.80 Å². The van der Waals surface area contributed by atoms with E-state index in [0.717, 1.165) is 41.0 Å². The van der Waals surface area contributed by atoms with E-state index in [2.05, 4.69) is 48.3 Å². The molecule has 0 amide bonds. The minimum Gasteiger partial charge on any atom is -0.473 e. The molecule has 0 saturated carbocycles. The van der Waals surface area contributed by atoms with E-state index in [-0.39, 0.29) is 17.2 Å². The molecule has 2 aromatic heterocycles. The van der Waals surface area contributed by atoms with Crippen LogP contribution in [-0.4, -0.2) is 37.2 Å². The zero-order chi connectivity index (χ0) is 22.2. The molecular weight excluding hydrogens is 505 g/mol. The first kappa shape index (κ1) is 22.0. The van der Waals surface area contributed by atoms with Crippen LogP contribution in [0.1, 0.15) is 40.5 Å². The number of nitrogens with zero attached hydrogens (tertiary/aromatic N) is 4. The van der Waals surface area contributed by atoms with E-state index in [0.29, 0.717) is 5.88 Å². The van der Waals surface area contributed by atoms with Gasteiger partial charge in [0.2, 0.25) is 5.88 Å². The molecule has 31 heavy (non-hydrogen) atoms. The second-order valence-corrected chi connectivity index (χ2v) is 9.93. The Morgan fingerprint density at radius 2 is 1.77 bits per heavy atom. The number of nitrogens with one attached hydrogen (secondary N) is 1. The molecule has 1 aromatic carbocycles. The summed E-state index contributed by atoms with van der Waals surface area (Å²) >= 11 is 1.90. The number of benzene rings is 1. The van der Waals surface area contributed by atoms with E-state index >= 15 is 0 Å².